The number of nitrogens with one attached hydrogen (secondary N) is 1. The van der Waals surface area contributed by atoms with Gasteiger partial charge in [0, 0.05) is 17.8 Å². The molecule has 0 unspecified atom stereocenters. The fourth-order valence-corrected chi connectivity index (χ4v) is 1.81. The number of nitrogens with zero attached hydrogens (tertiary/aromatic N) is 2. The van der Waals surface area contributed by atoms with Crippen molar-refractivity contribution >= 4 is 29.0 Å². The average Bonchev–Trinajstić information content (AvgIpc) is 2.56. The Balaban J connectivity index is 2.24. The van der Waals surface area contributed by atoms with E-state index in [9.17, 15) is 4.79 Å². The molecule has 2 rings (SSSR count). The number of benzene rings is 1. The number of hydrogen-bond donors (Lipinski definition) is 2. The Labute approximate surface area is 110 Å². The highest BCUT2D eigenvalue weighted by Gasteiger charge is 2.18. The summed E-state index contributed by atoms with van der Waals surface area (Å²) < 4.78 is 1.48. The van der Waals surface area contributed by atoms with Crippen LogP contribution in [0.1, 0.15) is 16.1 Å². The topological polar surface area (TPSA) is 72.9 Å². The van der Waals surface area contributed by atoms with E-state index in [-0.39, 0.29) is 5.91 Å². The van der Waals surface area contributed by atoms with Gasteiger partial charge in [-0.25, -0.2) is 0 Å². The van der Waals surface area contributed by atoms with Crippen LogP contribution in [0.25, 0.3) is 0 Å². The zero-order valence-corrected chi connectivity index (χ0v) is 10.8. The smallest absolute Gasteiger partial charge is 0.261 e. The summed E-state index contributed by atoms with van der Waals surface area (Å²) in [5.41, 5.74) is 7.45. The fourth-order valence-electron chi connectivity index (χ4n) is 1.68. The summed E-state index contributed by atoms with van der Waals surface area (Å²) >= 11 is 5.77. The van der Waals surface area contributed by atoms with Crippen molar-refractivity contribution in [3.63, 3.8) is 0 Å². The number of anilines is 2. The number of amides is 1. The van der Waals surface area contributed by atoms with E-state index in [4.69, 9.17) is 17.3 Å². The molecule has 5 nitrogen and oxygen atoms in total. The lowest BCUT2D eigenvalue weighted by molar-refractivity contribution is 0.102. The van der Waals surface area contributed by atoms with Gasteiger partial charge in [-0.15, -0.1) is 0 Å². The van der Waals surface area contributed by atoms with Gasteiger partial charge in [-0.1, -0.05) is 11.6 Å². The van der Waals surface area contributed by atoms with Crippen molar-refractivity contribution in [3.8, 4) is 0 Å². The van der Waals surface area contributed by atoms with Crippen LogP contribution >= 0.6 is 11.6 Å². The lowest BCUT2D eigenvalue weighted by atomic mass is 10.2. The minimum absolute atomic E-state index is 0.277. The van der Waals surface area contributed by atoms with E-state index >= 15 is 0 Å². The molecule has 6 heteroatoms. The molecule has 1 heterocycles. The van der Waals surface area contributed by atoms with Crippen LogP contribution in [0, 0.1) is 6.92 Å². The quantitative estimate of drug-likeness (QED) is 0.873. The summed E-state index contributed by atoms with van der Waals surface area (Å²) in [5, 5.41) is 7.46. The molecule has 1 amide bonds. The molecule has 1 aromatic heterocycles. The number of carbonyl (C=O) groups excluding carboxylic acids is 1. The summed E-state index contributed by atoms with van der Waals surface area (Å²) in [6.45, 7) is 1.74. The first-order valence-corrected chi connectivity index (χ1v) is 5.73. The highest BCUT2D eigenvalue weighted by atomic mass is 35.5. The Morgan fingerprint density at radius 3 is 2.50 bits per heavy atom. The van der Waals surface area contributed by atoms with E-state index in [0.29, 0.717) is 27.8 Å². The van der Waals surface area contributed by atoms with E-state index in [1.54, 1.807) is 38.2 Å². The minimum atomic E-state index is -0.277. The van der Waals surface area contributed by atoms with Crippen molar-refractivity contribution in [2.24, 2.45) is 7.05 Å². The number of halogens is 1. The number of aryl methyl sites for hydroxylation is 2. The molecule has 2 aromatic rings. The molecular formula is C12H13ClN4O. The molecular weight excluding hydrogens is 252 g/mol. The van der Waals surface area contributed by atoms with Crippen LogP contribution in [0.3, 0.4) is 0 Å². The second-order valence-corrected chi connectivity index (χ2v) is 4.37. The van der Waals surface area contributed by atoms with E-state index in [1.165, 1.54) is 4.68 Å². The maximum Gasteiger partial charge on any atom is 0.261 e. The first-order valence-electron chi connectivity index (χ1n) is 5.35. The van der Waals surface area contributed by atoms with Crippen molar-refractivity contribution in [2.45, 2.75) is 6.92 Å². The maximum absolute atomic E-state index is 12.1. The second kappa shape index (κ2) is 4.70. The van der Waals surface area contributed by atoms with E-state index < -0.39 is 0 Å². The van der Waals surface area contributed by atoms with E-state index in [1.807, 2.05) is 0 Å². The molecule has 3 N–H and O–H groups in total. The van der Waals surface area contributed by atoms with Crippen LogP contribution in [0.15, 0.2) is 24.3 Å². The third-order valence-electron chi connectivity index (χ3n) is 2.60. The molecule has 0 aliphatic carbocycles. The molecule has 0 spiro atoms. The number of nitrogen functional groups attached to an aromatic ring is 1. The van der Waals surface area contributed by atoms with Gasteiger partial charge in [0.1, 0.15) is 11.4 Å². The first-order chi connectivity index (χ1) is 8.49. The normalized spacial score (nSPS) is 10.4. The third kappa shape index (κ3) is 2.31. The number of hydrogen-bond acceptors (Lipinski definition) is 3. The van der Waals surface area contributed by atoms with Crippen LogP contribution in [0.2, 0.25) is 5.02 Å². The molecule has 0 fully saturated rings. The Morgan fingerprint density at radius 2 is 2.00 bits per heavy atom. The molecule has 94 valence electrons. The van der Waals surface area contributed by atoms with Gasteiger partial charge in [0.2, 0.25) is 0 Å². The summed E-state index contributed by atoms with van der Waals surface area (Å²) in [6, 6.07) is 6.86. The summed E-state index contributed by atoms with van der Waals surface area (Å²) in [7, 11) is 1.70. The SMILES string of the molecule is Cc1nn(C)c(N)c1C(=O)Nc1ccc(Cl)cc1. The lowest BCUT2D eigenvalue weighted by Crippen LogP contribution is -2.14. The van der Waals surface area contributed by atoms with Crippen molar-refractivity contribution in [3.05, 3.63) is 40.5 Å². The Hall–Kier alpha value is -2.01. The molecule has 0 aliphatic heterocycles. The monoisotopic (exact) mass is 264 g/mol. The van der Waals surface area contributed by atoms with E-state index in [2.05, 4.69) is 10.4 Å². The zero-order chi connectivity index (χ0) is 13.3. The average molecular weight is 265 g/mol. The molecule has 0 atom stereocenters. The minimum Gasteiger partial charge on any atom is -0.383 e. The molecule has 0 saturated carbocycles. The third-order valence-corrected chi connectivity index (χ3v) is 2.85. The van der Waals surface area contributed by atoms with Crippen LogP contribution in [0.4, 0.5) is 11.5 Å². The fraction of sp³-hybridized carbons (Fsp3) is 0.167. The van der Waals surface area contributed by atoms with Gasteiger partial charge in [0.25, 0.3) is 5.91 Å². The molecule has 0 radical (unpaired) electrons. The molecule has 1 aromatic carbocycles. The first kappa shape index (κ1) is 12.4. The van der Waals surface area contributed by atoms with Crippen LogP contribution in [-0.2, 0) is 7.05 Å². The largest absolute Gasteiger partial charge is 0.383 e. The second-order valence-electron chi connectivity index (χ2n) is 3.93. The van der Waals surface area contributed by atoms with Gasteiger partial charge < -0.3 is 11.1 Å². The molecule has 0 saturated heterocycles. The predicted octanol–water partition coefficient (Wildman–Crippen LogP) is 2.22. The van der Waals surface area contributed by atoms with Crippen LogP contribution in [0.5, 0.6) is 0 Å². The van der Waals surface area contributed by atoms with Gasteiger partial charge >= 0.3 is 0 Å². The molecule has 0 bridgehead atoms. The molecule has 18 heavy (non-hydrogen) atoms. The molecule has 0 aliphatic rings. The Morgan fingerprint density at radius 1 is 1.39 bits per heavy atom. The van der Waals surface area contributed by atoms with E-state index in [0.717, 1.165) is 0 Å². The summed E-state index contributed by atoms with van der Waals surface area (Å²) in [6.07, 6.45) is 0. The summed E-state index contributed by atoms with van der Waals surface area (Å²) in [4.78, 5) is 12.1. The van der Waals surface area contributed by atoms with Gasteiger partial charge in [0.05, 0.1) is 5.69 Å². The standard InChI is InChI=1S/C12H13ClN4O/c1-7-10(11(14)17(2)16-7)12(18)15-9-5-3-8(13)4-6-9/h3-6H,14H2,1-2H3,(H,15,18). The Kier molecular flexibility index (Phi) is 3.25. The number of aromatic nitrogens is 2. The van der Waals surface area contributed by atoms with Crippen molar-refractivity contribution in [1.82, 2.24) is 9.78 Å². The number of rotatable bonds is 2. The lowest BCUT2D eigenvalue weighted by Gasteiger charge is -2.05. The predicted molar refractivity (Wildman–Crippen MR) is 71.8 cm³/mol. The number of carbonyl (C=O) groups is 1. The van der Waals surface area contributed by atoms with Gasteiger partial charge in [-0.2, -0.15) is 5.10 Å². The summed E-state index contributed by atoms with van der Waals surface area (Å²) in [5.74, 6) is 0.0689. The van der Waals surface area contributed by atoms with Crippen LogP contribution < -0.4 is 11.1 Å². The maximum atomic E-state index is 12.1. The van der Waals surface area contributed by atoms with Gasteiger partial charge in [0.15, 0.2) is 0 Å². The Bertz CT molecular complexity index is 589. The van der Waals surface area contributed by atoms with Crippen LogP contribution in [-0.4, -0.2) is 15.7 Å². The van der Waals surface area contributed by atoms with Crippen molar-refractivity contribution in [2.75, 3.05) is 11.1 Å². The van der Waals surface area contributed by atoms with Crippen molar-refractivity contribution < 1.29 is 4.79 Å². The zero-order valence-electron chi connectivity index (χ0n) is 10.1. The van der Waals surface area contributed by atoms with Gasteiger partial charge in [-0.05, 0) is 31.2 Å². The number of nitrogens with two attached hydrogens (primary N) is 1. The highest BCUT2D eigenvalue weighted by molar-refractivity contribution is 6.30. The van der Waals surface area contributed by atoms with Crippen molar-refractivity contribution in [1.29, 1.82) is 0 Å². The van der Waals surface area contributed by atoms with Gasteiger partial charge in [-0.3, -0.25) is 9.48 Å². The highest BCUT2D eigenvalue weighted by Crippen LogP contribution is 2.18.